The van der Waals surface area contributed by atoms with Crippen molar-refractivity contribution in [2.24, 2.45) is 0 Å². The topological polar surface area (TPSA) is 97.4 Å². The van der Waals surface area contributed by atoms with Gasteiger partial charge in [-0.05, 0) is 49.2 Å². The van der Waals surface area contributed by atoms with Crippen molar-refractivity contribution in [2.75, 3.05) is 17.6 Å². The summed E-state index contributed by atoms with van der Waals surface area (Å²) in [7, 11) is -3.65. The van der Waals surface area contributed by atoms with Gasteiger partial charge in [-0.15, -0.1) is 0 Å². The maximum atomic E-state index is 14.2. The van der Waals surface area contributed by atoms with Crippen molar-refractivity contribution in [3.63, 3.8) is 0 Å². The molecule has 0 fully saturated rings. The molecule has 0 bridgehead atoms. The predicted octanol–water partition coefficient (Wildman–Crippen LogP) is 4.68. The molecule has 1 aromatic carbocycles. The molecule has 0 saturated heterocycles. The predicted molar refractivity (Wildman–Crippen MR) is 120 cm³/mol. The van der Waals surface area contributed by atoms with E-state index >= 15 is 0 Å². The van der Waals surface area contributed by atoms with Crippen LogP contribution in [0.25, 0.3) is 6.08 Å². The highest BCUT2D eigenvalue weighted by Crippen LogP contribution is 2.30. The number of aromatic nitrogens is 1. The van der Waals surface area contributed by atoms with Crippen LogP contribution in [0.4, 0.5) is 23.2 Å². The second-order valence-electron chi connectivity index (χ2n) is 7.47. The minimum absolute atomic E-state index is 0.171. The Morgan fingerprint density at radius 3 is 2.53 bits per heavy atom. The van der Waals surface area contributed by atoms with Crippen molar-refractivity contribution in [3.8, 4) is 5.88 Å². The molecular formula is C22H25F4N3O4S. The lowest BCUT2D eigenvalue weighted by Crippen LogP contribution is -2.24. The molecule has 0 aliphatic carbocycles. The number of hydrogen-bond acceptors (Lipinski definition) is 5. The van der Waals surface area contributed by atoms with Gasteiger partial charge in [0.15, 0.2) is 0 Å². The number of nitrogens with zero attached hydrogens (tertiary/aromatic N) is 1. The summed E-state index contributed by atoms with van der Waals surface area (Å²) in [5.74, 6) is -1.65. The number of anilines is 1. The average molecular weight is 504 g/mol. The molecule has 1 unspecified atom stereocenters. The Bertz CT molecular complexity index is 1150. The maximum absolute atomic E-state index is 14.2. The van der Waals surface area contributed by atoms with E-state index in [2.05, 4.69) is 10.3 Å². The Morgan fingerprint density at radius 2 is 1.94 bits per heavy atom. The van der Waals surface area contributed by atoms with Crippen LogP contribution in [-0.2, 0) is 21.0 Å². The minimum atomic E-state index is -4.64. The molecule has 2 N–H and O–H groups in total. The van der Waals surface area contributed by atoms with Crippen LogP contribution in [0.15, 0.2) is 36.4 Å². The Morgan fingerprint density at radius 1 is 1.24 bits per heavy atom. The number of pyridine rings is 1. The highest BCUT2D eigenvalue weighted by atomic mass is 32.2. The molecule has 34 heavy (non-hydrogen) atoms. The van der Waals surface area contributed by atoms with E-state index in [0.29, 0.717) is 12.0 Å². The number of sulfonamides is 1. The number of alkyl halides is 3. The highest BCUT2D eigenvalue weighted by molar-refractivity contribution is 7.92. The molecular weight excluding hydrogens is 478 g/mol. The molecule has 1 amide bonds. The van der Waals surface area contributed by atoms with E-state index in [1.54, 1.807) is 6.92 Å². The molecule has 12 heteroatoms. The summed E-state index contributed by atoms with van der Waals surface area (Å²) in [5.41, 5.74) is -0.771. The summed E-state index contributed by atoms with van der Waals surface area (Å²) in [6.07, 6.45) is 0.0194. The average Bonchev–Trinajstić information content (AvgIpc) is 2.72. The minimum Gasteiger partial charge on any atom is -0.477 e. The van der Waals surface area contributed by atoms with E-state index in [1.165, 1.54) is 18.2 Å². The van der Waals surface area contributed by atoms with Gasteiger partial charge >= 0.3 is 6.18 Å². The summed E-state index contributed by atoms with van der Waals surface area (Å²) in [6, 6.07) is 5.07. The lowest BCUT2D eigenvalue weighted by molar-refractivity contribution is -0.141. The van der Waals surface area contributed by atoms with Crippen LogP contribution in [0.1, 0.15) is 49.6 Å². The monoisotopic (exact) mass is 503 g/mol. The van der Waals surface area contributed by atoms with Crippen molar-refractivity contribution in [1.82, 2.24) is 10.3 Å². The third kappa shape index (κ3) is 8.32. The summed E-state index contributed by atoms with van der Waals surface area (Å²) in [4.78, 5) is 15.8. The zero-order chi connectivity index (χ0) is 25.5. The highest BCUT2D eigenvalue weighted by Gasteiger charge is 2.33. The number of unbranched alkanes of at least 4 members (excludes halogenated alkanes) is 1. The number of amides is 1. The molecule has 2 aromatic rings. The van der Waals surface area contributed by atoms with E-state index < -0.39 is 39.7 Å². The fraction of sp³-hybridized carbons (Fsp3) is 0.364. The molecule has 0 spiro atoms. The Labute approximate surface area is 195 Å². The molecule has 0 aliphatic rings. The number of rotatable bonds is 10. The standard InChI is InChI=1S/C22H25F4N3O4S/c1-4-5-12-33-21-15(7-10-19(28-21)22(24,25)26)8-11-20(30)27-14(2)16-6-9-18(17(23)13-16)29-34(3,31)32/h6-11,13-14,29H,4-5,12H2,1-3H3,(H,27,30)/b11-8+. The van der Waals surface area contributed by atoms with Gasteiger partial charge in [0.2, 0.25) is 21.8 Å². The summed E-state index contributed by atoms with van der Waals surface area (Å²) >= 11 is 0. The van der Waals surface area contributed by atoms with E-state index in [4.69, 9.17) is 4.74 Å². The van der Waals surface area contributed by atoms with Crippen molar-refractivity contribution < 1.29 is 35.5 Å². The maximum Gasteiger partial charge on any atom is 0.433 e. The van der Waals surface area contributed by atoms with E-state index in [1.807, 2.05) is 11.6 Å². The third-order valence-corrected chi connectivity index (χ3v) is 5.07. The third-order valence-electron chi connectivity index (χ3n) is 4.48. The van der Waals surface area contributed by atoms with Gasteiger partial charge < -0.3 is 10.1 Å². The number of nitrogens with one attached hydrogen (secondary N) is 2. The first kappa shape index (κ1) is 27.1. The van der Waals surface area contributed by atoms with Crippen LogP contribution in [0.5, 0.6) is 5.88 Å². The first-order valence-electron chi connectivity index (χ1n) is 10.3. The second-order valence-corrected chi connectivity index (χ2v) is 9.22. The quantitative estimate of drug-likeness (QED) is 0.279. The Balaban J connectivity index is 2.13. The van der Waals surface area contributed by atoms with E-state index in [-0.39, 0.29) is 23.7 Å². The van der Waals surface area contributed by atoms with E-state index in [0.717, 1.165) is 37.0 Å². The first-order chi connectivity index (χ1) is 15.8. The largest absolute Gasteiger partial charge is 0.477 e. The van der Waals surface area contributed by atoms with Crippen LogP contribution in [0.3, 0.4) is 0 Å². The molecule has 0 saturated carbocycles. The Kier molecular flexibility index (Phi) is 9.02. The van der Waals surface area contributed by atoms with Crippen LogP contribution in [-0.4, -0.2) is 32.2 Å². The molecule has 1 aromatic heterocycles. The zero-order valence-electron chi connectivity index (χ0n) is 18.7. The normalized spacial score (nSPS) is 13.0. The van der Waals surface area contributed by atoms with Gasteiger partial charge in [-0.2, -0.15) is 13.2 Å². The number of hydrogen-bond donors (Lipinski definition) is 2. The lowest BCUT2D eigenvalue weighted by atomic mass is 10.1. The Hall–Kier alpha value is -3.15. The fourth-order valence-electron chi connectivity index (χ4n) is 2.76. The van der Waals surface area contributed by atoms with Crippen LogP contribution < -0.4 is 14.8 Å². The number of halogens is 4. The van der Waals surface area contributed by atoms with Crippen molar-refractivity contribution in [2.45, 2.75) is 38.9 Å². The van der Waals surface area contributed by atoms with Gasteiger partial charge in [-0.25, -0.2) is 17.8 Å². The van der Waals surface area contributed by atoms with Crippen LogP contribution in [0.2, 0.25) is 0 Å². The molecule has 0 radical (unpaired) electrons. The SMILES string of the molecule is CCCCOc1nc(C(F)(F)F)ccc1/C=C/C(=O)NC(C)c1ccc(NS(C)(=O)=O)c(F)c1. The zero-order valence-corrected chi connectivity index (χ0v) is 19.6. The van der Waals surface area contributed by atoms with Crippen LogP contribution >= 0.6 is 0 Å². The first-order valence-corrected chi connectivity index (χ1v) is 12.2. The fourth-order valence-corrected chi connectivity index (χ4v) is 3.32. The number of carbonyl (C=O) groups is 1. The molecule has 2 rings (SSSR count). The second kappa shape index (κ2) is 11.3. The van der Waals surface area contributed by atoms with Gasteiger partial charge in [0.25, 0.3) is 0 Å². The van der Waals surface area contributed by atoms with Gasteiger partial charge in [-0.1, -0.05) is 19.4 Å². The molecule has 1 atom stereocenters. The van der Waals surface area contributed by atoms with Gasteiger partial charge in [0.1, 0.15) is 11.5 Å². The summed E-state index contributed by atoms with van der Waals surface area (Å²) in [5, 5.41) is 2.60. The van der Waals surface area contributed by atoms with Crippen molar-refractivity contribution in [3.05, 3.63) is 59.0 Å². The molecule has 7 nitrogen and oxygen atoms in total. The smallest absolute Gasteiger partial charge is 0.433 e. The number of carbonyl (C=O) groups excluding carboxylic acids is 1. The van der Waals surface area contributed by atoms with Crippen molar-refractivity contribution in [1.29, 1.82) is 0 Å². The lowest BCUT2D eigenvalue weighted by Gasteiger charge is -2.15. The van der Waals surface area contributed by atoms with E-state index in [9.17, 15) is 30.8 Å². The van der Waals surface area contributed by atoms with Crippen molar-refractivity contribution >= 4 is 27.7 Å². The molecule has 186 valence electrons. The number of benzene rings is 1. The van der Waals surface area contributed by atoms with Crippen LogP contribution in [0, 0.1) is 5.82 Å². The van der Waals surface area contributed by atoms with Gasteiger partial charge in [0, 0.05) is 11.6 Å². The summed E-state index contributed by atoms with van der Waals surface area (Å²) < 4.78 is 83.1. The van der Waals surface area contributed by atoms with Gasteiger partial charge in [-0.3, -0.25) is 9.52 Å². The number of ether oxygens (including phenoxy) is 1. The molecule has 1 heterocycles. The summed E-state index contributed by atoms with van der Waals surface area (Å²) in [6.45, 7) is 3.66. The molecule has 0 aliphatic heterocycles. The van der Waals surface area contributed by atoms with Gasteiger partial charge in [0.05, 0.1) is 24.6 Å².